The van der Waals surface area contributed by atoms with Gasteiger partial charge in [0.2, 0.25) is 0 Å². The summed E-state index contributed by atoms with van der Waals surface area (Å²) in [5, 5.41) is 6.75. The lowest BCUT2D eigenvalue weighted by Crippen LogP contribution is -2.39. The Bertz CT molecular complexity index is 1090. The molecule has 2 aromatic rings. The minimum absolute atomic E-state index is 0.0503. The normalized spacial score (nSPS) is 20.5. The summed E-state index contributed by atoms with van der Waals surface area (Å²) in [4.78, 5) is 30.8. The maximum atomic E-state index is 13.4. The highest BCUT2D eigenvalue weighted by molar-refractivity contribution is 6.31. The van der Waals surface area contributed by atoms with Crippen LogP contribution in [0.4, 0.5) is 5.82 Å². The van der Waals surface area contributed by atoms with Crippen molar-refractivity contribution < 1.29 is 9.59 Å². The number of rotatable bonds is 3. The van der Waals surface area contributed by atoms with E-state index in [-0.39, 0.29) is 17.1 Å². The number of hydrogen-bond donors (Lipinski definition) is 2. The zero-order valence-electron chi connectivity index (χ0n) is 17.3. The number of amides is 1. The van der Waals surface area contributed by atoms with Gasteiger partial charge in [0.25, 0.3) is 5.91 Å². The molecular formula is C24H24ClN3O2. The van der Waals surface area contributed by atoms with E-state index < -0.39 is 5.92 Å². The SMILES string of the molecule is CC1=C(C(=O)Nc2ccccn2)[C@H](c2ccccc2Cl)C2=C(CC(C)(C)CC2=O)N1. The van der Waals surface area contributed by atoms with Crippen LogP contribution in [0.3, 0.4) is 0 Å². The van der Waals surface area contributed by atoms with E-state index >= 15 is 0 Å². The number of allylic oxidation sites excluding steroid dienone is 3. The number of Topliss-reactive ketones (excluding diaryl/α,β-unsaturated/α-hetero) is 1. The summed E-state index contributed by atoms with van der Waals surface area (Å²) in [6.07, 6.45) is 2.79. The van der Waals surface area contributed by atoms with E-state index in [2.05, 4.69) is 29.5 Å². The van der Waals surface area contributed by atoms with Gasteiger partial charge < -0.3 is 10.6 Å². The van der Waals surface area contributed by atoms with Crippen LogP contribution in [0.1, 0.15) is 45.1 Å². The summed E-state index contributed by atoms with van der Waals surface area (Å²) in [7, 11) is 0. The molecule has 1 atom stereocenters. The summed E-state index contributed by atoms with van der Waals surface area (Å²) < 4.78 is 0. The first-order valence-electron chi connectivity index (χ1n) is 9.98. The molecular weight excluding hydrogens is 398 g/mol. The van der Waals surface area contributed by atoms with Crippen molar-refractivity contribution in [2.75, 3.05) is 5.32 Å². The third kappa shape index (κ3) is 3.77. The molecule has 30 heavy (non-hydrogen) atoms. The number of aromatic nitrogens is 1. The first-order valence-corrected chi connectivity index (χ1v) is 10.4. The maximum absolute atomic E-state index is 13.4. The Hall–Kier alpha value is -2.92. The first kappa shape index (κ1) is 20.4. The number of benzene rings is 1. The first-order chi connectivity index (χ1) is 14.3. The van der Waals surface area contributed by atoms with Gasteiger partial charge in [-0.05, 0) is 42.5 Å². The minimum atomic E-state index is -0.526. The Morgan fingerprint density at radius 1 is 1.17 bits per heavy atom. The Labute approximate surface area is 181 Å². The molecule has 6 heteroatoms. The molecule has 0 fully saturated rings. The molecule has 0 radical (unpaired) electrons. The van der Waals surface area contributed by atoms with Crippen LogP contribution >= 0.6 is 11.6 Å². The molecule has 0 saturated carbocycles. The average Bonchev–Trinajstić information content (AvgIpc) is 2.67. The van der Waals surface area contributed by atoms with Gasteiger partial charge in [-0.3, -0.25) is 9.59 Å². The Kier molecular flexibility index (Phi) is 5.24. The topological polar surface area (TPSA) is 71.1 Å². The molecule has 154 valence electrons. The molecule has 0 bridgehead atoms. The summed E-state index contributed by atoms with van der Waals surface area (Å²) in [6.45, 7) is 6.04. The summed E-state index contributed by atoms with van der Waals surface area (Å²) in [6, 6.07) is 12.7. The van der Waals surface area contributed by atoms with Gasteiger partial charge in [-0.15, -0.1) is 0 Å². The lowest BCUT2D eigenvalue weighted by atomic mass is 9.68. The fourth-order valence-electron chi connectivity index (χ4n) is 4.38. The third-order valence-electron chi connectivity index (χ3n) is 5.61. The lowest BCUT2D eigenvalue weighted by Gasteiger charge is -2.39. The predicted octanol–water partition coefficient (Wildman–Crippen LogP) is 4.98. The van der Waals surface area contributed by atoms with Gasteiger partial charge in [0.1, 0.15) is 5.82 Å². The van der Waals surface area contributed by atoms with Crippen molar-refractivity contribution in [3.05, 3.63) is 81.8 Å². The molecule has 2 heterocycles. The van der Waals surface area contributed by atoms with Gasteiger partial charge in [-0.1, -0.05) is 49.7 Å². The largest absolute Gasteiger partial charge is 0.362 e. The summed E-state index contributed by atoms with van der Waals surface area (Å²) in [5.74, 6) is -0.319. The van der Waals surface area contributed by atoms with Crippen molar-refractivity contribution in [1.29, 1.82) is 0 Å². The number of dihydropyridines is 1. The number of nitrogens with one attached hydrogen (secondary N) is 2. The second kappa shape index (κ2) is 7.73. The van der Waals surface area contributed by atoms with E-state index in [0.717, 1.165) is 23.4 Å². The molecule has 4 rings (SSSR count). The third-order valence-corrected chi connectivity index (χ3v) is 5.95. The van der Waals surface area contributed by atoms with Crippen LogP contribution in [0.25, 0.3) is 0 Å². The molecule has 1 aromatic heterocycles. The van der Waals surface area contributed by atoms with Gasteiger partial charge in [0.05, 0.1) is 0 Å². The van der Waals surface area contributed by atoms with Crippen LogP contribution < -0.4 is 10.6 Å². The van der Waals surface area contributed by atoms with E-state index in [1.165, 1.54) is 0 Å². The summed E-state index contributed by atoms with van der Waals surface area (Å²) in [5.41, 5.74) is 3.35. The fraction of sp³-hybridized carbons (Fsp3) is 0.292. The van der Waals surface area contributed by atoms with Crippen molar-refractivity contribution in [1.82, 2.24) is 10.3 Å². The van der Waals surface area contributed by atoms with E-state index in [1.54, 1.807) is 24.4 Å². The molecule has 1 aliphatic carbocycles. The quantitative estimate of drug-likeness (QED) is 0.733. The predicted molar refractivity (Wildman–Crippen MR) is 118 cm³/mol. The number of halogens is 1. The number of anilines is 1. The number of carbonyl (C=O) groups is 2. The van der Waals surface area contributed by atoms with Crippen LogP contribution in [0, 0.1) is 5.41 Å². The molecule has 0 spiro atoms. The number of hydrogen-bond acceptors (Lipinski definition) is 4. The Balaban J connectivity index is 1.84. The van der Waals surface area contributed by atoms with Crippen molar-refractivity contribution in [3.8, 4) is 0 Å². The monoisotopic (exact) mass is 421 g/mol. The van der Waals surface area contributed by atoms with Crippen LogP contribution in [0.2, 0.25) is 5.02 Å². The number of nitrogens with zero attached hydrogens (tertiary/aromatic N) is 1. The van der Waals surface area contributed by atoms with Crippen molar-refractivity contribution in [3.63, 3.8) is 0 Å². The smallest absolute Gasteiger partial charge is 0.255 e. The van der Waals surface area contributed by atoms with Crippen LogP contribution in [0.15, 0.2) is 71.2 Å². The Morgan fingerprint density at radius 2 is 1.90 bits per heavy atom. The fourth-order valence-corrected chi connectivity index (χ4v) is 4.62. The van der Waals surface area contributed by atoms with E-state index in [9.17, 15) is 9.59 Å². The van der Waals surface area contributed by atoms with Crippen LogP contribution in [0.5, 0.6) is 0 Å². The molecule has 2 aliphatic rings. The second-order valence-electron chi connectivity index (χ2n) is 8.62. The van der Waals surface area contributed by atoms with Gasteiger partial charge in [0.15, 0.2) is 5.78 Å². The van der Waals surface area contributed by atoms with Gasteiger partial charge in [-0.2, -0.15) is 0 Å². The van der Waals surface area contributed by atoms with E-state index in [1.807, 2.05) is 31.2 Å². The Morgan fingerprint density at radius 3 is 2.60 bits per heavy atom. The second-order valence-corrected chi connectivity index (χ2v) is 9.03. The number of carbonyl (C=O) groups excluding carboxylic acids is 2. The lowest BCUT2D eigenvalue weighted by molar-refractivity contribution is -0.118. The average molecular weight is 422 g/mol. The van der Waals surface area contributed by atoms with Gasteiger partial charge in [0, 0.05) is 46.1 Å². The highest BCUT2D eigenvalue weighted by atomic mass is 35.5. The molecule has 5 nitrogen and oxygen atoms in total. The minimum Gasteiger partial charge on any atom is -0.362 e. The van der Waals surface area contributed by atoms with Gasteiger partial charge in [-0.25, -0.2) is 4.98 Å². The number of ketones is 1. The van der Waals surface area contributed by atoms with Crippen molar-refractivity contribution in [2.45, 2.75) is 39.5 Å². The highest BCUT2D eigenvalue weighted by Gasteiger charge is 2.43. The van der Waals surface area contributed by atoms with Crippen LogP contribution in [-0.4, -0.2) is 16.7 Å². The zero-order chi connectivity index (χ0) is 21.5. The number of pyridine rings is 1. The summed E-state index contributed by atoms with van der Waals surface area (Å²) >= 11 is 6.55. The van der Waals surface area contributed by atoms with E-state index in [0.29, 0.717) is 28.4 Å². The molecule has 1 amide bonds. The maximum Gasteiger partial charge on any atom is 0.255 e. The van der Waals surface area contributed by atoms with E-state index in [4.69, 9.17) is 11.6 Å². The van der Waals surface area contributed by atoms with Crippen LogP contribution in [-0.2, 0) is 9.59 Å². The zero-order valence-corrected chi connectivity index (χ0v) is 18.0. The molecule has 1 aromatic carbocycles. The molecule has 0 unspecified atom stereocenters. The standard InChI is InChI=1S/C24H24ClN3O2/c1-14-20(23(30)28-19-10-6-7-11-26-19)21(15-8-4-5-9-16(15)25)22-17(27-14)12-24(2,3)13-18(22)29/h4-11,21,27H,12-13H2,1-3H3,(H,26,28,30)/t21-/m0/s1. The molecule has 2 N–H and O–H groups in total. The molecule has 1 aliphatic heterocycles. The highest BCUT2D eigenvalue weighted by Crippen LogP contribution is 2.47. The van der Waals surface area contributed by atoms with Gasteiger partial charge >= 0.3 is 0 Å². The van der Waals surface area contributed by atoms with Crippen molar-refractivity contribution >= 4 is 29.1 Å². The van der Waals surface area contributed by atoms with Crippen molar-refractivity contribution in [2.24, 2.45) is 5.41 Å². The molecule has 0 saturated heterocycles.